The minimum atomic E-state index is -3.65. The van der Waals surface area contributed by atoms with Crippen molar-refractivity contribution in [2.45, 2.75) is 17.6 Å². The molecule has 7 heteroatoms. The fourth-order valence-corrected chi connectivity index (χ4v) is 4.58. The van der Waals surface area contributed by atoms with Gasteiger partial charge in [-0.3, -0.25) is 0 Å². The first kappa shape index (κ1) is 19.1. The van der Waals surface area contributed by atoms with Crippen LogP contribution in [0.2, 0.25) is 5.02 Å². The van der Waals surface area contributed by atoms with Gasteiger partial charge in [-0.2, -0.15) is 11.8 Å². The summed E-state index contributed by atoms with van der Waals surface area (Å²) in [6.45, 7) is 2.40. The summed E-state index contributed by atoms with van der Waals surface area (Å²) in [4.78, 5) is 0.0567. The average Bonchev–Trinajstić information content (AvgIpc) is 2.54. The number of methoxy groups -OCH3 is 1. The van der Waals surface area contributed by atoms with E-state index in [9.17, 15) is 8.42 Å². The lowest BCUT2D eigenvalue weighted by Crippen LogP contribution is -2.26. The summed E-state index contributed by atoms with van der Waals surface area (Å²) in [6, 6.07) is 12.8. The van der Waals surface area contributed by atoms with E-state index in [2.05, 4.69) is 29.8 Å². The SMILES string of the molecule is COc1ccc(Cl)cc1S(=O)(=O)NCCSCc1cccc(C)c1. The van der Waals surface area contributed by atoms with Gasteiger partial charge in [-0.15, -0.1) is 0 Å². The Labute approximate surface area is 152 Å². The molecule has 0 aliphatic heterocycles. The van der Waals surface area contributed by atoms with Crippen molar-refractivity contribution in [1.82, 2.24) is 4.72 Å². The molecule has 0 radical (unpaired) electrons. The number of thioether (sulfide) groups is 1. The minimum absolute atomic E-state index is 0.0567. The van der Waals surface area contributed by atoms with Crippen LogP contribution >= 0.6 is 23.4 Å². The van der Waals surface area contributed by atoms with Gasteiger partial charge >= 0.3 is 0 Å². The summed E-state index contributed by atoms with van der Waals surface area (Å²) >= 11 is 7.57. The van der Waals surface area contributed by atoms with Gasteiger partial charge in [-0.05, 0) is 30.7 Å². The lowest BCUT2D eigenvalue weighted by Gasteiger charge is -2.11. The molecule has 2 aromatic carbocycles. The lowest BCUT2D eigenvalue weighted by molar-refractivity contribution is 0.402. The molecule has 0 unspecified atom stereocenters. The number of rotatable bonds is 8. The molecule has 0 spiro atoms. The van der Waals surface area contributed by atoms with Crippen LogP contribution in [-0.2, 0) is 15.8 Å². The second-order valence-electron chi connectivity index (χ2n) is 5.23. The summed E-state index contributed by atoms with van der Waals surface area (Å²) < 4.78 is 32.5. The molecule has 0 heterocycles. The highest BCUT2D eigenvalue weighted by molar-refractivity contribution is 7.98. The Morgan fingerprint density at radius 3 is 2.71 bits per heavy atom. The maximum Gasteiger partial charge on any atom is 0.244 e. The van der Waals surface area contributed by atoms with Gasteiger partial charge in [0, 0.05) is 23.1 Å². The van der Waals surface area contributed by atoms with Crippen LogP contribution in [0, 0.1) is 6.92 Å². The summed E-state index contributed by atoms with van der Waals surface area (Å²) in [6.07, 6.45) is 0. The predicted octanol–water partition coefficient (Wildman–Crippen LogP) is 3.87. The number of benzene rings is 2. The van der Waals surface area contributed by atoms with Crippen molar-refractivity contribution in [2.75, 3.05) is 19.4 Å². The van der Waals surface area contributed by atoms with Crippen molar-refractivity contribution in [3.8, 4) is 5.75 Å². The maximum atomic E-state index is 12.4. The molecule has 0 saturated carbocycles. The zero-order chi connectivity index (χ0) is 17.6. The van der Waals surface area contributed by atoms with E-state index in [0.29, 0.717) is 17.3 Å². The molecule has 0 amide bonds. The van der Waals surface area contributed by atoms with Crippen molar-refractivity contribution in [2.24, 2.45) is 0 Å². The molecule has 1 N–H and O–H groups in total. The third kappa shape index (κ3) is 5.41. The first-order valence-corrected chi connectivity index (χ1v) is 10.4. The van der Waals surface area contributed by atoms with Crippen LogP contribution in [0.3, 0.4) is 0 Å². The number of nitrogens with one attached hydrogen (secondary N) is 1. The molecular weight excluding hydrogens is 366 g/mol. The Morgan fingerprint density at radius 2 is 2.00 bits per heavy atom. The number of halogens is 1. The standard InChI is InChI=1S/C17H20ClNO3S2/c1-13-4-3-5-14(10-13)12-23-9-8-19-24(20,21)17-11-15(18)6-7-16(17)22-2/h3-7,10-11,19H,8-9,12H2,1-2H3. The minimum Gasteiger partial charge on any atom is -0.495 e. The van der Waals surface area contributed by atoms with Gasteiger partial charge in [0.15, 0.2) is 0 Å². The average molecular weight is 386 g/mol. The highest BCUT2D eigenvalue weighted by Gasteiger charge is 2.19. The molecule has 2 aromatic rings. The van der Waals surface area contributed by atoms with Gasteiger partial charge in [0.1, 0.15) is 10.6 Å². The van der Waals surface area contributed by atoms with Gasteiger partial charge in [-0.25, -0.2) is 13.1 Å². The summed E-state index contributed by atoms with van der Waals surface area (Å²) in [5.74, 6) is 1.80. The molecule has 0 saturated heterocycles. The monoisotopic (exact) mass is 385 g/mol. The van der Waals surface area contributed by atoms with Crippen LogP contribution in [0.1, 0.15) is 11.1 Å². The van der Waals surface area contributed by atoms with E-state index in [1.807, 2.05) is 6.07 Å². The van der Waals surface area contributed by atoms with E-state index < -0.39 is 10.0 Å². The summed E-state index contributed by atoms with van der Waals surface area (Å²) in [5.41, 5.74) is 2.46. The van der Waals surface area contributed by atoms with Crippen LogP contribution in [0.15, 0.2) is 47.4 Å². The molecule has 0 aliphatic carbocycles. The van der Waals surface area contributed by atoms with Gasteiger partial charge in [0.05, 0.1) is 7.11 Å². The van der Waals surface area contributed by atoms with E-state index in [1.54, 1.807) is 23.9 Å². The highest BCUT2D eigenvalue weighted by Crippen LogP contribution is 2.26. The van der Waals surface area contributed by atoms with Crippen LogP contribution in [0.5, 0.6) is 5.75 Å². The molecule has 0 aromatic heterocycles. The molecular formula is C17H20ClNO3S2. The van der Waals surface area contributed by atoms with Gasteiger partial charge in [0.25, 0.3) is 0 Å². The second kappa shape index (κ2) is 8.76. The molecule has 130 valence electrons. The predicted molar refractivity (Wildman–Crippen MR) is 101 cm³/mol. The third-order valence-corrected chi connectivity index (χ3v) is 6.05. The number of sulfonamides is 1. The Hall–Kier alpha value is -1.21. The van der Waals surface area contributed by atoms with E-state index in [4.69, 9.17) is 16.3 Å². The fraction of sp³-hybridized carbons (Fsp3) is 0.294. The van der Waals surface area contributed by atoms with E-state index in [0.717, 1.165) is 5.75 Å². The van der Waals surface area contributed by atoms with Crippen molar-refractivity contribution < 1.29 is 13.2 Å². The molecule has 2 rings (SSSR count). The smallest absolute Gasteiger partial charge is 0.244 e. The third-order valence-electron chi connectivity index (χ3n) is 3.30. The largest absolute Gasteiger partial charge is 0.495 e. The number of ether oxygens (including phenoxy) is 1. The van der Waals surface area contributed by atoms with Crippen molar-refractivity contribution in [3.63, 3.8) is 0 Å². The van der Waals surface area contributed by atoms with Gasteiger partial charge < -0.3 is 4.74 Å². The van der Waals surface area contributed by atoms with E-state index in [-0.39, 0.29) is 10.6 Å². The molecule has 4 nitrogen and oxygen atoms in total. The molecule has 0 fully saturated rings. The Balaban J connectivity index is 1.88. The maximum absolute atomic E-state index is 12.4. The Bertz CT molecular complexity index is 794. The lowest BCUT2D eigenvalue weighted by atomic mass is 10.2. The van der Waals surface area contributed by atoms with Crippen LogP contribution in [0.4, 0.5) is 0 Å². The molecule has 24 heavy (non-hydrogen) atoms. The quantitative estimate of drug-likeness (QED) is 0.701. The highest BCUT2D eigenvalue weighted by atomic mass is 35.5. The van der Waals surface area contributed by atoms with E-state index in [1.165, 1.54) is 24.3 Å². The number of aryl methyl sites for hydroxylation is 1. The zero-order valence-corrected chi connectivity index (χ0v) is 16.0. The molecule has 0 atom stereocenters. The van der Waals surface area contributed by atoms with Gasteiger partial charge in [-0.1, -0.05) is 41.4 Å². The van der Waals surface area contributed by atoms with Crippen molar-refractivity contribution in [1.29, 1.82) is 0 Å². The van der Waals surface area contributed by atoms with Crippen molar-refractivity contribution in [3.05, 3.63) is 58.6 Å². The Kier molecular flexibility index (Phi) is 6.98. The summed E-state index contributed by atoms with van der Waals surface area (Å²) in [5, 5.41) is 0.352. The molecule has 0 bridgehead atoms. The topological polar surface area (TPSA) is 55.4 Å². The van der Waals surface area contributed by atoms with Gasteiger partial charge in [0.2, 0.25) is 10.0 Å². The van der Waals surface area contributed by atoms with E-state index >= 15 is 0 Å². The zero-order valence-electron chi connectivity index (χ0n) is 13.6. The first-order valence-electron chi connectivity index (χ1n) is 7.39. The molecule has 0 aliphatic rings. The summed E-state index contributed by atoms with van der Waals surface area (Å²) in [7, 11) is -2.22. The number of hydrogen-bond acceptors (Lipinski definition) is 4. The normalized spacial score (nSPS) is 11.5. The number of hydrogen-bond donors (Lipinski definition) is 1. The Morgan fingerprint density at radius 1 is 1.21 bits per heavy atom. The fourth-order valence-electron chi connectivity index (χ4n) is 2.18. The van der Waals surface area contributed by atoms with Crippen LogP contribution < -0.4 is 9.46 Å². The first-order chi connectivity index (χ1) is 11.4. The van der Waals surface area contributed by atoms with Crippen molar-refractivity contribution >= 4 is 33.4 Å². The van der Waals surface area contributed by atoms with Crippen LogP contribution in [-0.4, -0.2) is 27.8 Å². The van der Waals surface area contributed by atoms with Crippen LogP contribution in [0.25, 0.3) is 0 Å². The second-order valence-corrected chi connectivity index (χ2v) is 8.51.